The van der Waals surface area contributed by atoms with E-state index in [1.54, 1.807) is 66.9 Å². The van der Waals surface area contributed by atoms with Gasteiger partial charge in [0.1, 0.15) is 11.5 Å². The maximum atomic E-state index is 14.8. The van der Waals surface area contributed by atoms with Crippen LogP contribution < -0.4 is 9.47 Å². The molecule has 0 radical (unpaired) electrons. The second-order valence-electron chi connectivity index (χ2n) is 13.6. The Hall–Kier alpha value is -3.38. The van der Waals surface area contributed by atoms with Crippen molar-refractivity contribution in [3.8, 4) is 11.5 Å². The summed E-state index contributed by atoms with van der Waals surface area (Å²) in [6, 6.07) is 28.2. The smallest absolute Gasteiger partial charge is 0.494 e. The highest BCUT2D eigenvalue weighted by Gasteiger charge is 2.37. The van der Waals surface area contributed by atoms with Crippen LogP contribution >= 0.6 is 0 Å². The van der Waals surface area contributed by atoms with Crippen LogP contribution in [-0.2, 0) is 49.2 Å². The van der Waals surface area contributed by atoms with Gasteiger partial charge in [0.05, 0.1) is 23.0 Å². The lowest BCUT2D eigenvalue weighted by Crippen LogP contribution is -2.42. The molecule has 55 heavy (non-hydrogen) atoms. The quantitative estimate of drug-likeness (QED) is 0.0506. The van der Waals surface area contributed by atoms with Gasteiger partial charge in [-0.25, -0.2) is 8.42 Å². The number of hydrogen-bond donors (Lipinski definition) is 0. The summed E-state index contributed by atoms with van der Waals surface area (Å²) >= 11 is 0. The minimum Gasteiger partial charge on any atom is -0.494 e. The molecule has 0 unspecified atom stereocenters. The van der Waals surface area contributed by atoms with Crippen LogP contribution in [0.1, 0.15) is 59.1 Å². The summed E-state index contributed by atoms with van der Waals surface area (Å²) in [5, 5.41) is 0. The molecule has 0 saturated carbocycles. The minimum absolute atomic E-state index is 0.248. The number of benzene rings is 4. The van der Waals surface area contributed by atoms with E-state index in [0.29, 0.717) is 60.8 Å². The van der Waals surface area contributed by atoms with Gasteiger partial charge < -0.3 is 36.0 Å². The summed E-state index contributed by atoms with van der Waals surface area (Å²) < 4.78 is 75.2. The fourth-order valence-electron chi connectivity index (χ4n) is 6.44. The first kappa shape index (κ1) is 44.3. The van der Waals surface area contributed by atoms with E-state index in [9.17, 15) is 8.42 Å². The third-order valence-electron chi connectivity index (χ3n) is 9.83. The van der Waals surface area contributed by atoms with Crippen molar-refractivity contribution >= 4 is 27.4 Å². The van der Waals surface area contributed by atoms with Gasteiger partial charge >= 0.3 is 17.6 Å². The van der Waals surface area contributed by atoms with Gasteiger partial charge in [-0.2, -0.15) is 0 Å². The molecule has 0 saturated heterocycles. The third-order valence-corrected chi connectivity index (χ3v) is 17.4. The van der Waals surface area contributed by atoms with Crippen molar-refractivity contribution in [2.75, 3.05) is 55.9 Å². The highest BCUT2D eigenvalue weighted by molar-refractivity contribution is 7.91. The Morgan fingerprint density at radius 1 is 0.473 bits per heavy atom. The molecule has 0 aliphatic heterocycles. The highest BCUT2D eigenvalue weighted by atomic mass is 32.2. The van der Waals surface area contributed by atoms with Gasteiger partial charge in [0.2, 0.25) is 9.84 Å². The Morgan fingerprint density at radius 2 is 0.818 bits per heavy atom. The number of ether oxygens (including phenoxy) is 2. The molecule has 10 nitrogen and oxygen atoms in total. The van der Waals surface area contributed by atoms with E-state index in [1.807, 2.05) is 74.5 Å². The summed E-state index contributed by atoms with van der Waals surface area (Å²) in [5.41, 5.74) is 5.60. The molecule has 0 aromatic heterocycles. The van der Waals surface area contributed by atoms with Gasteiger partial charge in [-0.3, -0.25) is 0 Å². The van der Waals surface area contributed by atoms with E-state index < -0.39 is 27.4 Å². The summed E-state index contributed by atoms with van der Waals surface area (Å²) in [6.45, 7) is 4.97. The zero-order valence-corrected chi connectivity index (χ0v) is 36.5. The lowest BCUT2D eigenvalue weighted by Gasteiger charge is -2.24. The van der Waals surface area contributed by atoms with Crippen LogP contribution in [0.25, 0.3) is 0 Å². The fraction of sp³-hybridized carbons (Fsp3) is 0.429. The van der Waals surface area contributed by atoms with Crippen molar-refractivity contribution in [1.82, 2.24) is 0 Å². The lowest BCUT2D eigenvalue weighted by molar-refractivity contribution is 0.121. The van der Waals surface area contributed by atoms with Crippen molar-refractivity contribution in [1.29, 1.82) is 0 Å². The van der Waals surface area contributed by atoms with E-state index >= 15 is 0 Å². The average molecular weight is 811 g/mol. The maximum absolute atomic E-state index is 14.8. The first-order valence-electron chi connectivity index (χ1n) is 18.6. The first-order valence-corrected chi connectivity index (χ1v) is 24.0. The molecule has 0 aliphatic rings. The summed E-state index contributed by atoms with van der Waals surface area (Å²) in [5.74, 6) is 1.22. The minimum atomic E-state index is -3.98. The average Bonchev–Trinajstić information content (AvgIpc) is 3.20. The fourth-order valence-corrected chi connectivity index (χ4v) is 11.7. The molecular weight excluding hydrogens is 753 g/mol. The summed E-state index contributed by atoms with van der Waals surface area (Å²) in [6.07, 6.45) is 3.94. The lowest BCUT2D eigenvalue weighted by atomic mass is 10.0. The van der Waals surface area contributed by atoms with E-state index in [2.05, 4.69) is 0 Å². The zero-order chi connectivity index (χ0) is 39.9. The van der Waals surface area contributed by atoms with Crippen LogP contribution in [0.2, 0.25) is 12.1 Å². The molecule has 13 heteroatoms. The van der Waals surface area contributed by atoms with E-state index in [1.165, 1.54) is 0 Å². The Bertz CT molecular complexity index is 1730. The van der Waals surface area contributed by atoms with Gasteiger partial charge in [0, 0.05) is 54.7 Å². The predicted molar refractivity (Wildman–Crippen MR) is 219 cm³/mol. The van der Waals surface area contributed by atoms with Gasteiger partial charge in [-0.1, -0.05) is 59.7 Å². The molecule has 0 bridgehead atoms. The van der Waals surface area contributed by atoms with Crippen molar-refractivity contribution in [2.24, 2.45) is 0 Å². The van der Waals surface area contributed by atoms with Gasteiger partial charge in [-0.05, 0) is 111 Å². The first-order chi connectivity index (χ1) is 26.5. The molecule has 0 aliphatic carbocycles. The number of hydrogen-bond acceptors (Lipinski definition) is 10. The van der Waals surface area contributed by atoms with Crippen LogP contribution in [-0.4, -0.2) is 81.9 Å². The number of rotatable bonds is 24. The van der Waals surface area contributed by atoms with Gasteiger partial charge in [0.15, 0.2) is 0 Å². The number of sulfone groups is 1. The summed E-state index contributed by atoms with van der Waals surface area (Å²) in [4.78, 5) is 0.495. The molecule has 0 N–H and O–H groups in total. The maximum Gasteiger partial charge on any atom is 0.500 e. The molecule has 0 atom stereocenters. The number of aryl methyl sites for hydroxylation is 2. The van der Waals surface area contributed by atoms with Crippen molar-refractivity contribution in [3.63, 3.8) is 0 Å². The Kier molecular flexibility index (Phi) is 17.1. The van der Waals surface area contributed by atoms with Crippen LogP contribution in [0.15, 0.2) is 94.7 Å². The Labute approximate surface area is 330 Å². The standard InChI is InChI=1S/C42H58O10SSi2/c1-33-13-17-35(18-14-33)29-37-31-39(51-25-9-11-27-54(45-3,46-4)47-5)21-23-41(37)53(43,44)42-24-22-40(32-38(42)30-36-19-15-34(2)16-20-36)52-26-10-12-28-55(48-6,49-7)50-8/h13-24,31-32H,9-12,25-30H2,1-8H3. The van der Waals surface area contributed by atoms with Crippen LogP contribution in [0, 0.1) is 13.8 Å². The SMILES string of the molecule is CO[Si](CCCCOc1ccc(S(=O)(=O)c2ccc(OCCCC[Si](OC)(OC)OC)cc2Cc2ccc(C)cc2)c(Cc2ccc(C)cc2)c1)(OC)OC. The molecule has 0 amide bonds. The molecule has 0 spiro atoms. The van der Waals surface area contributed by atoms with Gasteiger partial charge in [-0.15, -0.1) is 0 Å². The van der Waals surface area contributed by atoms with Crippen LogP contribution in [0.4, 0.5) is 0 Å². The molecule has 0 fully saturated rings. The number of unbranched alkanes of at least 4 members (excludes halogenated alkanes) is 2. The van der Waals surface area contributed by atoms with E-state index in [0.717, 1.165) is 47.9 Å². The second kappa shape index (κ2) is 21.2. The third kappa shape index (κ3) is 12.3. The largest absolute Gasteiger partial charge is 0.500 e. The Balaban J connectivity index is 1.62. The van der Waals surface area contributed by atoms with E-state index in [-0.39, 0.29) is 9.79 Å². The topological polar surface area (TPSA) is 108 Å². The molecule has 4 aromatic rings. The highest BCUT2D eigenvalue weighted by Crippen LogP contribution is 2.34. The zero-order valence-electron chi connectivity index (χ0n) is 33.6. The monoisotopic (exact) mass is 810 g/mol. The Morgan fingerprint density at radius 3 is 1.15 bits per heavy atom. The second-order valence-corrected chi connectivity index (χ2v) is 21.6. The summed E-state index contributed by atoms with van der Waals surface area (Å²) in [7, 11) is 0.345. The molecule has 0 heterocycles. The predicted octanol–water partition coefficient (Wildman–Crippen LogP) is 8.39. The molecule has 4 aromatic carbocycles. The van der Waals surface area contributed by atoms with Crippen molar-refractivity contribution in [3.05, 3.63) is 118 Å². The van der Waals surface area contributed by atoms with Crippen molar-refractivity contribution in [2.45, 2.75) is 74.3 Å². The molecular formula is C42H58O10SSi2. The molecule has 300 valence electrons. The normalized spacial score (nSPS) is 12.2. The van der Waals surface area contributed by atoms with Gasteiger partial charge in [0.25, 0.3) is 0 Å². The van der Waals surface area contributed by atoms with E-state index in [4.69, 9.17) is 36.0 Å². The molecule has 4 rings (SSSR count). The van der Waals surface area contributed by atoms with Crippen LogP contribution in [0.3, 0.4) is 0 Å². The van der Waals surface area contributed by atoms with Crippen molar-refractivity contribution < 1.29 is 44.4 Å². The van der Waals surface area contributed by atoms with Crippen LogP contribution in [0.5, 0.6) is 11.5 Å².